The predicted octanol–water partition coefficient (Wildman–Crippen LogP) is 5.00. The van der Waals surface area contributed by atoms with Gasteiger partial charge in [-0.25, -0.2) is 0 Å². The molecule has 0 aromatic rings. The van der Waals surface area contributed by atoms with E-state index < -0.39 is 5.60 Å². The van der Waals surface area contributed by atoms with Crippen LogP contribution in [0.1, 0.15) is 72.6 Å². The molecule has 3 saturated carbocycles. The standard InChI is InChI=1S/C24H36O3/c1-6-18-26-20-19-14(2)9-12-24(25,22(19,3)4)13-17-16-8-7-15(16)10-11-23(17,5)21(20)27-18/h6,15-18,20-21,25H,1,7-13H2,2-5H3/t15-,16-,17?,18-,20-,21-,23-,24-/m1/s1. The maximum atomic E-state index is 12.0. The van der Waals surface area contributed by atoms with Crippen molar-refractivity contribution < 1.29 is 14.6 Å². The van der Waals surface area contributed by atoms with Gasteiger partial charge in [0.15, 0.2) is 6.29 Å². The van der Waals surface area contributed by atoms with E-state index in [0.717, 1.165) is 31.1 Å². The first-order chi connectivity index (χ1) is 12.7. The van der Waals surface area contributed by atoms with Gasteiger partial charge in [0.05, 0.1) is 11.7 Å². The zero-order valence-corrected chi connectivity index (χ0v) is 17.5. The normalized spacial score (nSPS) is 53.4. The van der Waals surface area contributed by atoms with Gasteiger partial charge >= 0.3 is 0 Å². The summed E-state index contributed by atoms with van der Waals surface area (Å²) in [5.41, 5.74) is 1.84. The number of aliphatic hydroxyl groups is 1. The maximum absolute atomic E-state index is 12.0. The zero-order chi connectivity index (χ0) is 19.2. The van der Waals surface area contributed by atoms with Crippen molar-refractivity contribution in [1.82, 2.24) is 0 Å². The second-order valence-corrected chi connectivity index (χ2v) is 10.9. The van der Waals surface area contributed by atoms with Crippen LogP contribution in [0.15, 0.2) is 23.8 Å². The number of fused-ring (bicyclic) bond motifs is 8. The van der Waals surface area contributed by atoms with Gasteiger partial charge in [0.1, 0.15) is 6.10 Å². The summed E-state index contributed by atoms with van der Waals surface area (Å²) >= 11 is 0. The van der Waals surface area contributed by atoms with E-state index in [2.05, 4.69) is 34.3 Å². The average Bonchev–Trinajstić information content (AvgIpc) is 3.00. The summed E-state index contributed by atoms with van der Waals surface area (Å²) in [6, 6.07) is 0. The van der Waals surface area contributed by atoms with Crippen LogP contribution in [0.2, 0.25) is 0 Å². The zero-order valence-electron chi connectivity index (χ0n) is 17.5. The Labute approximate surface area is 164 Å². The van der Waals surface area contributed by atoms with E-state index >= 15 is 0 Å². The number of hydrogen-bond acceptors (Lipinski definition) is 3. The molecule has 8 atom stereocenters. The van der Waals surface area contributed by atoms with Crippen LogP contribution in [0.3, 0.4) is 0 Å². The highest BCUT2D eigenvalue weighted by molar-refractivity contribution is 5.35. The van der Waals surface area contributed by atoms with E-state index in [1.165, 1.54) is 36.8 Å². The Kier molecular flexibility index (Phi) is 3.89. The summed E-state index contributed by atoms with van der Waals surface area (Å²) in [6.45, 7) is 13.1. The summed E-state index contributed by atoms with van der Waals surface area (Å²) in [6.07, 6.45) is 9.45. The Morgan fingerprint density at radius 1 is 1.11 bits per heavy atom. The number of rotatable bonds is 1. The van der Waals surface area contributed by atoms with Crippen molar-refractivity contribution in [3.05, 3.63) is 23.8 Å². The molecular formula is C24H36O3. The molecule has 4 fully saturated rings. The van der Waals surface area contributed by atoms with Crippen molar-refractivity contribution in [2.75, 3.05) is 0 Å². The Bertz CT molecular complexity index is 694. The molecule has 3 heteroatoms. The minimum absolute atomic E-state index is 0.0562. The largest absolute Gasteiger partial charge is 0.389 e. The number of ether oxygens (including phenoxy) is 2. The average molecular weight is 373 g/mol. The van der Waals surface area contributed by atoms with Crippen LogP contribution < -0.4 is 0 Å². The lowest BCUT2D eigenvalue weighted by atomic mass is 9.44. The van der Waals surface area contributed by atoms with Gasteiger partial charge in [0.25, 0.3) is 0 Å². The minimum atomic E-state index is -0.647. The van der Waals surface area contributed by atoms with Crippen molar-refractivity contribution in [3.63, 3.8) is 0 Å². The van der Waals surface area contributed by atoms with Crippen molar-refractivity contribution >= 4 is 0 Å². The topological polar surface area (TPSA) is 38.7 Å². The first-order valence-corrected chi connectivity index (χ1v) is 11.1. The monoisotopic (exact) mass is 372 g/mol. The molecule has 3 nitrogen and oxygen atoms in total. The van der Waals surface area contributed by atoms with Gasteiger partial charge in [-0.2, -0.15) is 0 Å². The molecular weight excluding hydrogens is 336 g/mol. The highest BCUT2D eigenvalue weighted by Gasteiger charge is 2.65. The second kappa shape index (κ2) is 5.70. The molecule has 5 rings (SSSR count). The SMILES string of the molecule is C=C[C@@H]1O[C@@H]2C3=C(C)CC[C@@](O)(CC4[C@@H]5CC[C@@H]5CC[C@@]4(C)[C@@H]2O1)C3(C)C. The third-order valence-electron chi connectivity index (χ3n) is 9.63. The molecule has 150 valence electrons. The maximum Gasteiger partial charge on any atom is 0.177 e. The molecule has 27 heavy (non-hydrogen) atoms. The number of allylic oxidation sites excluding steroid dienone is 1. The van der Waals surface area contributed by atoms with E-state index in [0.29, 0.717) is 5.92 Å². The van der Waals surface area contributed by atoms with E-state index in [1.54, 1.807) is 6.08 Å². The quantitative estimate of drug-likeness (QED) is 0.659. The van der Waals surface area contributed by atoms with Gasteiger partial charge in [0.2, 0.25) is 0 Å². The van der Waals surface area contributed by atoms with Crippen molar-refractivity contribution in [2.45, 2.75) is 96.7 Å². The third-order valence-corrected chi connectivity index (χ3v) is 9.63. The lowest BCUT2D eigenvalue weighted by molar-refractivity contribution is -0.177. The second-order valence-electron chi connectivity index (χ2n) is 10.9. The summed E-state index contributed by atoms with van der Waals surface area (Å²) in [7, 11) is 0. The van der Waals surface area contributed by atoms with E-state index in [1.807, 2.05) is 0 Å². The number of hydrogen-bond donors (Lipinski definition) is 1. The smallest absolute Gasteiger partial charge is 0.177 e. The van der Waals surface area contributed by atoms with Crippen LogP contribution in [0.4, 0.5) is 0 Å². The van der Waals surface area contributed by atoms with Crippen LogP contribution in [0.5, 0.6) is 0 Å². The van der Waals surface area contributed by atoms with E-state index in [9.17, 15) is 5.11 Å². The fraction of sp³-hybridized carbons (Fsp3) is 0.833. The van der Waals surface area contributed by atoms with Crippen molar-refractivity contribution in [3.8, 4) is 0 Å². The highest BCUT2D eigenvalue weighted by atomic mass is 16.7. The molecule has 2 bridgehead atoms. The van der Waals surface area contributed by atoms with Crippen LogP contribution in [-0.4, -0.2) is 29.2 Å². The molecule has 0 amide bonds. The van der Waals surface area contributed by atoms with Crippen molar-refractivity contribution in [2.24, 2.45) is 28.6 Å². The summed E-state index contributed by atoms with van der Waals surface area (Å²) in [5, 5.41) is 12.0. The van der Waals surface area contributed by atoms with Gasteiger partial charge in [-0.1, -0.05) is 32.9 Å². The van der Waals surface area contributed by atoms with E-state index in [-0.39, 0.29) is 29.3 Å². The Morgan fingerprint density at radius 2 is 1.89 bits per heavy atom. The molecule has 1 saturated heterocycles. The van der Waals surface area contributed by atoms with Gasteiger partial charge in [0, 0.05) is 5.41 Å². The molecule has 1 heterocycles. The summed E-state index contributed by atoms with van der Waals surface area (Å²) in [4.78, 5) is 0. The minimum Gasteiger partial charge on any atom is -0.389 e. The molecule has 0 radical (unpaired) electrons. The van der Waals surface area contributed by atoms with Gasteiger partial charge in [-0.15, -0.1) is 0 Å². The lowest BCUT2D eigenvalue weighted by Crippen LogP contribution is -2.63. The highest BCUT2D eigenvalue weighted by Crippen LogP contribution is 2.66. The Hall–Kier alpha value is -0.640. The van der Waals surface area contributed by atoms with Gasteiger partial charge in [-0.05, 0) is 86.7 Å². The molecule has 1 N–H and O–H groups in total. The Balaban J connectivity index is 1.69. The van der Waals surface area contributed by atoms with Crippen LogP contribution in [-0.2, 0) is 9.47 Å². The van der Waals surface area contributed by atoms with Gasteiger partial charge in [-0.3, -0.25) is 0 Å². The van der Waals surface area contributed by atoms with Crippen molar-refractivity contribution in [1.29, 1.82) is 0 Å². The molecule has 4 aliphatic carbocycles. The predicted molar refractivity (Wildman–Crippen MR) is 106 cm³/mol. The Morgan fingerprint density at radius 3 is 2.56 bits per heavy atom. The first-order valence-electron chi connectivity index (χ1n) is 11.1. The van der Waals surface area contributed by atoms with Crippen LogP contribution in [0.25, 0.3) is 0 Å². The third kappa shape index (κ3) is 2.25. The molecule has 1 unspecified atom stereocenters. The van der Waals surface area contributed by atoms with E-state index in [4.69, 9.17) is 9.47 Å². The lowest BCUT2D eigenvalue weighted by Gasteiger charge is -2.63. The van der Waals surface area contributed by atoms with Gasteiger partial charge < -0.3 is 14.6 Å². The molecule has 5 aliphatic rings. The first kappa shape index (κ1) is 18.4. The fourth-order valence-electron chi connectivity index (χ4n) is 7.63. The molecule has 0 aromatic heterocycles. The summed E-state index contributed by atoms with van der Waals surface area (Å²) < 4.78 is 13.0. The molecule has 0 spiro atoms. The molecule has 1 aliphatic heterocycles. The fourth-order valence-corrected chi connectivity index (χ4v) is 7.63. The molecule has 0 aromatic carbocycles. The van der Waals surface area contributed by atoms with Crippen LogP contribution in [0, 0.1) is 28.6 Å². The van der Waals surface area contributed by atoms with Crippen LogP contribution >= 0.6 is 0 Å². The summed E-state index contributed by atoms with van der Waals surface area (Å²) in [5.74, 6) is 2.14.